The zero-order valence-corrected chi connectivity index (χ0v) is 6.78. The molecule has 4 nitrogen and oxygen atoms in total. The first-order valence-corrected chi connectivity index (χ1v) is 3.68. The minimum Gasteiger partial charge on any atom is -0.719 e. The molecular formula is C7H4N3OS-. The summed E-state index contributed by atoms with van der Waals surface area (Å²) in [6, 6.07) is 3.56. The summed E-state index contributed by atoms with van der Waals surface area (Å²) in [6.07, 6.45) is 3.31. The summed E-state index contributed by atoms with van der Waals surface area (Å²) in [7, 11) is 0. The number of rotatable bonds is 1. The van der Waals surface area contributed by atoms with Crippen LogP contribution in [0.5, 0.6) is 0 Å². The maximum atomic E-state index is 5.03. The molecular weight excluding hydrogens is 174 g/mol. The second-order valence-electron chi connectivity index (χ2n) is 2.11. The normalized spacial score (nSPS) is 10.0. The summed E-state index contributed by atoms with van der Waals surface area (Å²) in [5, 5.41) is 7.46. The maximum Gasteiger partial charge on any atom is 0.245 e. The van der Waals surface area contributed by atoms with E-state index in [4.69, 9.17) is 4.42 Å². The van der Waals surface area contributed by atoms with Crippen molar-refractivity contribution in [2.75, 3.05) is 0 Å². The molecule has 0 amide bonds. The molecule has 0 spiro atoms. The van der Waals surface area contributed by atoms with E-state index in [1.54, 1.807) is 24.5 Å². The SMILES string of the molecule is [S-]c1nnc(-c2ccncc2)o1. The van der Waals surface area contributed by atoms with E-state index in [2.05, 4.69) is 27.8 Å². The van der Waals surface area contributed by atoms with Gasteiger partial charge >= 0.3 is 0 Å². The van der Waals surface area contributed by atoms with Gasteiger partial charge in [0, 0.05) is 18.0 Å². The van der Waals surface area contributed by atoms with Crippen molar-refractivity contribution in [2.45, 2.75) is 5.22 Å². The summed E-state index contributed by atoms with van der Waals surface area (Å²) in [5.74, 6) is 0.433. The molecule has 12 heavy (non-hydrogen) atoms. The van der Waals surface area contributed by atoms with Crippen LogP contribution >= 0.6 is 0 Å². The second kappa shape index (κ2) is 2.86. The molecule has 0 aliphatic carbocycles. The summed E-state index contributed by atoms with van der Waals surface area (Å²) in [5.41, 5.74) is 0.827. The molecule has 0 N–H and O–H groups in total. The molecule has 2 aromatic heterocycles. The van der Waals surface area contributed by atoms with E-state index in [1.807, 2.05) is 0 Å². The molecule has 0 saturated carbocycles. The van der Waals surface area contributed by atoms with Crippen molar-refractivity contribution < 1.29 is 4.42 Å². The lowest BCUT2D eigenvalue weighted by Gasteiger charge is -1.92. The molecule has 0 radical (unpaired) electrons. The lowest BCUT2D eigenvalue weighted by Crippen LogP contribution is -1.77. The molecule has 60 valence electrons. The quantitative estimate of drug-likeness (QED) is 0.610. The van der Waals surface area contributed by atoms with Gasteiger partial charge in [0.1, 0.15) is 0 Å². The molecule has 2 heterocycles. The third-order valence-corrected chi connectivity index (χ3v) is 1.50. The van der Waals surface area contributed by atoms with Gasteiger partial charge in [-0.15, -0.1) is 10.2 Å². The van der Waals surface area contributed by atoms with Gasteiger partial charge in [-0.3, -0.25) is 4.98 Å². The minimum absolute atomic E-state index is 0.154. The Bertz CT molecular complexity index is 373. The number of nitrogens with zero attached hydrogens (tertiary/aromatic N) is 3. The highest BCUT2D eigenvalue weighted by Gasteiger charge is 2.00. The molecule has 0 saturated heterocycles. The molecule has 0 aliphatic rings. The van der Waals surface area contributed by atoms with Crippen LogP contribution in [0.25, 0.3) is 11.5 Å². The van der Waals surface area contributed by atoms with Crippen LogP contribution in [0.3, 0.4) is 0 Å². The van der Waals surface area contributed by atoms with E-state index < -0.39 is 0 Å². The molecule has 5 heteroatoms. The second-order valence-corrected chi connectivity index (χ2v) is 2.46. The first kappa shape index (κ1) is 7.17. The van der Waals surface area contributed by atoms with Crippen LogP contribution in [0.15, 0.2) is 34.2 Å². The average Bonchev–Trinajstić information content (AvgIpc) is 2.54. The van der Waals surface area contributed by atoms with Crippen LogP contribution < -0.4 is 0 Å². The van der Waals surface area contributed by atoms with Gasteiger partial charge in [-0.2, -0.15) is 0 Å². The van der Waals surface area contributed by atoms with Crippen LogP contribution in [0.2, 0.25) is 0 Å². The monoisotopic (exact) mass is 178 g/mol. The van der Waals surface area contributed by atoms with Crippen molar-refractivity contribution in [2.24, 2.45) is 0 Å². The van der Waals surface area contributed by atoms with Crippen molar-refractivity contribution in [3.63, 3.8) is 0 Å². The molecule has 0 fully saturated rings. The van der Waals surface area contributed by atoms with Crippen LogP contribution in [0.1, 0.15) is 0 Å². The first-order valence-electron chi connectivity index (χ1n) is 3.27. The summed E-state index contributed by atoms with van der Waals surface area (Å²) in [6.45, 7) is 0. The molecule has 0 aromatic carbocycles. The Morgan fingerprint density at radius 1 is 1.17 bits per heavy atom. The van der Waals surface area contributed by atoms with Crippen molar-refractivity contribution in [1.82, 2.24) is 15.2 Å². The van der Waals surface area contributed by atoms with E-state index in [1.165, 1.54) is 0 Å². The van der Waals surface area contributed by atoms with Gasteiger partial charge in [0.15, 0.2) is 0 Å². The number of hydrogen-bond acceptors (Lipinski definition) is 5. The number of aromatic nitrogens is 3. The summed E-state index contributed by atoms with van der Waals surface area (Å²) < 4.78 is 5.03. The smallest absolute Gasteiger partial charge is 0.245 e. The summed E-state index contributed by atoms with van der Waals surface area (Å²) in [4.78, 5) is 3.86. The standard InChI is InChI=1S/C7H5N3OS/c12-7-10-9-6(11-7)5-1-3-8-4-2-5/h1-4H,(H,10,12)/p-1. The van der Waals surface area contributed by atoms with E-state index in [-0.39, 0.29) is 5.22 Å². The Labute approximate surface area is 74.1 Å². The van der Waals surface area contributed by atoms with Gasteiger partial charge in [0.05, 0.1) is 5.22 Å². The van der Waals surface area contributed by atoms with E-state index in [9.17, 15) is 0 Å². The van der Waals surface area contributed by atoms with Gasteiger partial charge in [-0.25, -0.2) is 0 Å². The van der Waals surface area contributed by atoms with Gasteiger partial charge in [0.25, 0.3) is 0 Å². The predicted octanol–water partition coefficient (Wildman–Crippen LogP) is 1.04. The molecule has 0 aliphatic heterocycles. The van der Waals surface area contributed by atoms with Gasteiger partial charge in [0.2, 0.25) is 5.89 Å². The fourth-order valence-corrected chi connectivity index (χ4v) is 0.941. The molecule has 2 rings (SSSR count). The molecule has 0 atom stereocenters. The third kappa shape index (κ3) is 1.26. The van der Waals surface area contributed by atoms with E-state index in [0.717, 1.165) is 5.56 Å². The van der Waals surface area contributed by atoms with Gasteiger partial charge in [-0.1, -0.05) is 0 Å². The highest BCUT2D eigenvalue weighted by Crippen LogP contribution is 2.15. The minimum atomic E-state index is 0.154. The largest absolute Gasteiger partial charge is 0.719 e. The van der Waals surface area contributed by atoms with Gasteiger partial charge in [-0.05, 0) is 12.1 Å². The zero-order chi connectivity index (χ0) is 8.39. The molecule has 0 unspecified atom stereocenters. The Balaban J connectivity index is 2.45. The number of hydrogen-bond donors (Lipinski definition) is 0. The lowest BCUT2D eigenvalue weighted by molar-refractivity contribution is 0.467. The Morgan fingerprint density at radius 2 is 1.92 bits per heavy atom. The van der Waals surface area contributed by atoms with Crippen LogP contribution in [0, 0.1) is 0 Å². The van der Waals surface area contributed by atoms with Crippen molar-refractivity contribution in [3.8, 4) is 11.5 Å². The van der Waals surface area contributed by atoms with Crippen LogP contribution in [-0.2, 0) is 12.6 Å². The Morgan fingerprint density at radius 3 is 2.50 bits per heavy atom. The Hall–Kier alpha value is -1.49. The van der Waals surface area contributed by atoms with Crippen LogP contribution in [-0.4, -0.2) is 15.2 Å². The number of pyridine rings is 1. The topological polar surface area (TPSA) is 51.8 Å². The zero-order valence-electron chi connectivity index (χ0n) is 5.97. The fraction of sp³-hybridized carbons (Fsp3) is 0. The average molecular weight is 178 g/mol. The predicted molar refractivity (Wildman–Crippen MR) is 43.2 cm³/mol. The lowest BCUT2D eigenvalue weighted by atomic mass is 10.3. The Kier molecular flexibility index (Phi) is 1.71. The van der Waals surface area contributed by atoms with Crippen molar-refractivity contribution in [3.05, 3.63) is 24.5 Å². The molecule has 0 bridgehead atoms. The van der Waals surface area contributed by atoms with Gasteiger partial charge < -0.3 is 17.0 Å². The third-order valence-electron chi connectivity index (χ3n) is 1.33. The highest BCUT2D eigenvalue weighted by molar-refractivity contribution is 7.58. The highest BCUT2D eigenvalue weighted by atomic mass is 32.1. The fourth-order valence-electron chi connectivity index (χ4n) is 0.821. The summed E-state index contributed by atoms with van der Waals surface area (Å²) >= 11 is 4.68. The van der Waals surface area contributed by atoms with E-state index in [0.29, 0.717) is 5.89 Å². The van der Waals surface area contributed by atoms with E-state index >= 15 is 0 Å². The van der Waals surface area contributed by atoms with Crippen molar-refractivity contribution in [1.29, 1.82) is 0 Å². The van der Waals surface area contributed by atoms with Crippen molar-refractivity contribution >= 4 is 12.6 Å². The molecule has 2 aromatic rings. The first-order chi connectivity index (χ1) is 5.86. The van der Waals surface area contributed by atoms with Crippen LogP contribution in [0.4, 0.5) is 0 Å². The maximum absolute atomic E-state index is 5.03.